The molecule has 0 aliphatic carbocycles. The van der Waals surface area contributed by atoms with Gasteiger partial charge in [-0.05, 0) is 31.2 Å². The van der Waals surface area contributed by atoms with E-state index in [0.717, 1.165) is 19.3 Å². The van der Waals surface area contributed by atoms with Crippen molar-refractivity contribution < 1.29 is 8.42 Å². The minimum Gasteiger partial charge on any atom is -0.330 e. The van der Waals surface area contributed by atoms with Crippen LogP contribution in [0, 0.1) is 5.41 Å². The second-order valence-electron chi connectivity index (χ2n) is 4.44. The van der Waals surface area contributed by atoms with Crippen molar-refractivity contribution in [1.82, 2.24) is 0 Å². The quantitative estimate of drug-likeness (QED) is 0.711. The van der Waals surface area contributed by atoms with Crippen LogP contribution in [0.25, 0.3) is 0 Å². The molecular weight excluding hydrogens is 186 g/mol. The van der Waals surface area contributed by atoms with Gasteiger partial charge in [-0.25, -0.2) is 8.42 Å². The van der Waals surface area contributed by atoms with Crippen molar-refractivity contribution in [2.75, 3.05) is 18.6 Å². The van der Waals surface area contributed by atoms with E-state index in [2.05, 4.69) is 13.8 Å². The van der Waals surface area contributed by atoms with Crippen molar-refractivity contribution in [3.8, 4) is 0 Å². The second kappa shape index (κ2) is 4.96. The third-order valence-corrected chi connectivity index (χ3v) is 3.22. The van der Waals surface area contributed by atoms with E-state index in [4.69, 9.17) is 5.73 Å². The zero-order chi connectivity index (χ0) is 10.5. The third kappa shape index (κ3) is 8.25. The molecule has 0 radical (unpaired) electrons. The van der Waals surface area contributed by atoms with Crippen molar-refractivity contribution >= 4 is 9.84 Å². The molecule has 0 aliphatic rings. The van der Waals surface area contributed by atoms with E-state index >= 15 is 0 Å². The van der Waals surface area contributed by atoms with Gasteiger partial charge in [0, 0.05) is 12.0 Å². The van der Waals surface area contributed by atoms with E-state index in [0.29, 0.717) is 12.3 Å². The molecule has 0 unspecified atom stereocenters. The Morgan fingerprint density at radius 3 is 2.15 bits per heavy atom. The van der Waals surface area contributed by atoms with E-state index in [-0.39, 0.29) is 5.41 Å². The minimum atomic E-state index is -2.79. The first kappa shape index (κ1) is 12.9. The molecule has 3 nitrogen and oxygen atoms in total. The summed E-state index contributed by atoms with van der Waals surface area (Å²) in [6, 6.07) is 0. The first-order valence-electron chi connectivity index (χ1n) is 4.65. The molecule has 0 aromatic carbocycles. The van der Waals surface area contributed by atoms with Gasteiger partial charge >= 0.3 is 0 Å². The highest BCUT2D eigenvalue weighted by molar-refractivity contribution is 7.90. The molecule has 0 aromatic rings. The van der Waals surface area contributed by atoms with E-state index in [1.165, 1.54) is 6.26 Å². The Labute approximate surface area is 81.6 Å². The molecular formula is C9H21NO2S. The molecule has 0 amide bonds. The maximum absolute atomic E-state index is 10.9. The van der Waals surface area contributed by atoms with Gasteiger partial charge in [0.05, 0.1) is 0 Å². The van der Waals surface area contributed by atoms with Gasteiger partial charge in [-0.1, -0.05) is 13.8 Å². The van der Waals surface area contributed by atoms with Crippen LogP contribution in [-0.2, 0) is 9.84 Å². The molecule has 0 aliphatic heterocycles. The lowest BCUT2D eigenvalue weighted by atomic mass is 9.85. The lowest BCUT2D eigenvalue weighted by Crippen LogP contribution is -2.18. The van der Waals surface area contributed by atoms with Gasteiger partial charge in [-0.15, -0.1) is 0 Å². The molecule has 0 saturated carbocycles. The van der Waals surface area contributed by atoms with E-state index < -0.39 is 9.84 Å². The summed E-state index contributed by atoms with van der Waals surface area (Å²) >= 11 is 0. The molecule has 0 spiro atoms. The van der Waals surface area contributed by atoms with Gasteiger partial charge < -0.3 is 5.73 Å². The summed E-state index contributed by atoms with van der Waals surface area (Å²) in [5.41, 5.74) is 5.63. The van der Waals surface area contributed by atoms with E-state index in [1.54, 1.807) is 0 Å². The largest absolute Gasteiger partial charge is 0.330 e. The fraction of sp³-hybridized carbons (Fsp3) is 1.00. The van der Waals surface area contributed by atoms with Crippen LogP contribution >= 0.6 is 0 Å². The molecule has 4 heteroatoms. The van der Waals surface area contributed by atoms with Crippen LogP contribution in [0.5, 0.6) is 0 Å². The SMILES string of the molecule is CC(C)(CCN)CCCS(C)(=O)=O. The Morgan fingerprint density at radius 1 is 1.23 bits per heavy atom. The van der Waals surface area contributed by atoms with Crippen LogP contribution in [-0.4, -0.2) is 27.0 Å². The summed E-state index contributed by atoms with van der Waals surface area (Å²) < 4.78 is 21.7. The van der Waals surface area contributed by atoms with E-state index in [1.807, 2.05) is 0 Å². The lowest BCUT2D eigenvalue weighted by Gasteiger charge is -2.23. The van der Waals surface area contributed by atoms with Crippen LogP contribution in [0.3, 0.4) is 0 Å². The molecule has 0 rings (SSSR count). The van der Waals surface area contributed by atoms with Crippen LogP contribution in [0.15, 0.2) is 0 Å². The fourth-order valence-corrected chi connectivity index (χ4v) is 2.00. The number of hydrogen-bond donors (Lipinski definition) is 1. The van der Waals surface area contributed by atoms with Crippen molar-refractivity contribution in [3.05, 3.63) is 0 Å². The predicted octanol–water partition coefficient (Wildman–Crippen LogP) is 1.19. The Balaban J connectivity index is 3.76. The monoisotopic (exact) mass is 207 g/mol. The molecule has 2 N–H and O–H groups in total. The summed E-state index contributed by atoms with van der Waals surface area (Å²) in [5.74, 6) is 0.293. The predicted molar refractivity (Wildman–Crippen MR) is 56.4 cm³/mol. The number of sulfone groups is 1. The van der Waals surface area contributed by atoms with Crippen LogP contribution in [0.1, 0.15) is 33.1 Å². The zero-order valence-electron chi connectivity index (χ0n) is 8.84. The Bertz CT molecular complexity index is 232. The number of rotatable bonds is 6. The third-order valence-electron chi connectivity index (χ3n) is 2.19. The summed E-state index contributed by atoms with van der Waals surface area (Å²) in [6.45, 7) is 4.93. The Hall–Kier alpha value is -0.0900. The van der Waals surface area contributed by atoms with Crippen molar-refractivity contribution in [2.45, 2.75) is 33.1 Å². The number of nitrogens with two attached hydrogens (primary N) is 1. The highest BCUT2D eigenvalue weighted by atomic mass is 32.2. The molecule has 0 atom stereocenters. The van der Waals surface area contributed by atoms with Crippen LogP contribution in [0.2, 0.25) is 0 Å². The normalized spacial score (nSPS) is 13.2. The highest BCUT2D eigenvalue weighted by Crippen LogP contribution is 2.25. The summed E-state index contributed by atoms with van der Waals surface area (Å²) in [7, 11) is -2.79. The number of hydrogen-bond acceptors (Lipinski definition) is 3. The first-order chi connectivity index (χ1) is 5.77. The van der Waals surface area contributed by atoms with Crippen LogP contribution in [0.4, 0.5) is 0 Å². The molecule has 0 bridgehead atoms. The second-order valence-corrected chi connectivity index (χ2v) is 6.70. The summed E-state index contributed by atoms with van der Waals surface area (Å²) in [5, 5.41) is 0. The zero-order valence-corrected chi connectivity index (χ0v) is 9.65. The van der Waals surface area contributed by atoms with Crippen LogP contribution < -0.4 is 5.73 Å². The maximum atomic E-state index is 10.9. The van der Waals surface area contributed by atoms with Gasteiger partial charge in [0.25, 0.3) is 0 Å². The Kier molecular flexibility index (Phi) is 4.92. The van der Waals surface area contributed by atoms with Crippen molar-refractivity contribution in [2.24, 2.45) is 11.1 Å². The fourth-order valence-electron chi connectivity index (χ4n) is 1.33. The van der Waals surface area contributed by atoms with Gasteiger partial charge in [0.1, 0.15) is 9.84 Å². The van der Waals surface area contributed by atoms with Gasteiger partial charge in [0.2, 0.25) is 0 Å². The highest BCUT2D eigenvalue weighted by Gasteiger charge is 2.16. The lowest BCUT2D eigenvalue weighted by molar-refractivity contribution is 0.310. The molecule has 0 heterocycles. The minimum absolute atomic E-state index is 0.180. The standard InChI is InChI=1S/C9H21NO2S/c1-9(2,6-7-10)5-4-8-13(3,11)12/h4-8,10H2,1-3H3. The average Bonchev–Trinajstić information content (AvgIpc) is 1.82. The van der Waals surface area contributed by atoms with Crippen molar-refractivity contribution in [3.63, 3.8) is 0 Å². The smallest absolute Gasteiger partial charge is 0.147 e. The van der Waals surface area contributed by atoms with Gasteiger partial charge in [0.15, 0.2) is 0 Å². The van der Waals surface area contributed by atoms with Gasteiger partial charge in [-0.2, -0.15) is 0 Å². The summed E-state index contributed by atoms with van der Waals surface area (Å²) in [4.78, 5) is 0. The molecule has 80 valence electrons. The first-order valence-corrected chi connectivity index (χ1v) is 6.71. The molecule has 0 aromatic heterocycles. The maximum Gasteiger partial charge on any atom is 0.147 e. The molecule has 0 fully saturated rings. The van der Waals surface area contributed by atoms with Crippen molar-refractivity contribution in [1.29, 1.82) is 0 Å². The summed E-state index contributed by atoms with van der Waals surface area (Å²) in [6.07, 6.45) is 3.91. The average molecular weight is 207 g/mol. The van der Waals surface area contributed by atoms with E-state index in [9.17, 15) is 8.42 Å². The molecule has 13 heavy (non-hydrogen) atoms. The van der Waals surface area contributed by atoms with Gasteiger partial charge in [-0.3, -0.25) is 0 Å². The Morgan fingerprint density at radius 2 is 1.77 bits per heavy atom. The topological polar surface area (TPSA) is 60.2 Å². The molecule has 0 saturated heterocycles.